The van der Waals surface area contributed by atoms with E-state index in [1.807, 2.05) is 12.1 Å². The molecule has 4 aromatic carbocycles. The van der Waals surface area contributed by atoms with Crippen molar-refractivity contribution < 1.29 is 45.5 Å². The number of benzene rings is 4. The van der Waals surface area contributed by atoms with Gasteiger partial charge < -0.3 is 41.4 Å². The molecule has 2 saturated heterocycles. The number of halogens is 2. The molecular weight excluding hydrogens is 1110 g/mol. The van der Waals surface area contributed by atoms with Gasteiger partial charge in [0.25, 0.3) is 20.0 Å². The number of rotatable bonds is 23. The third-order valence-electron chi connectivity index (χ3n) is 14.3. The molecule has 426 valence electrons. The summed E-state index contributed by atoms with van der Waals surface area (Å²) in [7, 11) is -8.42. The SMILES string of the molecule is N#Cc1cc(Cl)cc2c1C[C@H](N1CCNCC1)[C@H]2Oc1ccc(S(=O)(=O)NC(=O)CCCNC(=O)NCCCCNC(=O)NCCCC(=O)NS(=O)(=O)c2ccc(O[C@H]3c4cc(Cl)cc(C#N)c4C[C@@H]3N3CCNCC3)cc2)cc1. The van der Waals surface area contributed by atoms with Gasteiger partial charge in [-0.3, -0.25) is 19.4 Å². The van der Waals surface area contributed by atoms with Crippen molar-refractivity contribution in [3.8, 4) is 23.6 Å². The minimum absolute atomic E-state index is 0.0587. The first-order valence-electron chi connectivity index (χ1n) is 26.5. The predicted molar refractivity (Wildman–Crippen MR) is 297 cm³/mol. The van der Waals surface area contributed by atoms with Crippen molar-refractivity contribution in [2.24, 2.45) is 0 Å². The van der Waals surface area contributed by atoms with E-state index in [4.69, 9.17) is 32.7 Å². The molecule has 0 aromatic heterocycles. The van der Waals surface area contributed by atoms with Crippen LogP contribution in [0.3, 0.4) is 0 Å². The van der Waals surface area contributed by atoms with Crippen molar-refractivity contribution in [2.45, 2.75) is 85.4 Å². The maximum Gasteiger partial charge on any atom is 0.314 e. The van der Waals surface area contributed by atoms with Gasteiger partial charge in [-0.05, 0) is 134 Å². The molecule has 2 heterocycles. The van der Waals surface area contributed by atoms with Crippen LogP contribution in [0.2, 0.25) is 10.0 Å². The van der Waals surface area contributed by atoms with Crippen molar-refractivity contribution in [3.05, 3.63) is 116 Å². The standard InChI is InChI=1S/C54H64Cl2N12O10S2/c55-37-27-35(33-57)43-31-47(67-23-19-59-20-24-67)51(45(43)29-37)77-39-7-11-41(12-8-39)79(73,74)65-49(69)5-3-17-63-53(71)61-15-1-2-16-62-54(72)64-18-4-6-50(70)66-80(75,76)42-13-9-40(10-14-42)78-52-46-30-38(56)28-36(34-58)44(46)32-48(52)68-25-21-60-22-26-68/h7-14,27-30,47-48,51-52,59-60H,1-6,15-26,31-32H2,(H,65,69)(H,66,70)(H2,61,63,71)(H2,62,64,72)/t47-,48-,51-,52-/m0/s1. The highest BCUT2D eigenvalue weighted by molar-refractivity contribution is 7.90. The van der Waals surface area contributed by atoms with Crippen LogP contribution in [0, 0.1) is 22.7 Å². The third kappa shape index (κ3) is 15.6. The van der Waals surface area contributed by atoms with E-state index < -0.39 is 56.1 Å². The van der Waals surface area contributed by atoms with Gasteiger partial charge >= 0.3 is 12.1 Å². The van der Waals surface area contributed by atoms with Crippen LogP contribution in [-0.4, -0.2) is 141 Å². The van der Waals surface area contributed by atoms with Gasteiger partial charge in [-0.2, -0.15) is 10.5 Å². The number of nitriles is 2. The molecule has 26 heteroatoms. The predicted octanol–water partition coefficient (Wildman–Crippen LogP) is 3.89. The van der Waals surface area contributed by atoms with Crippen LogP contribution >= 0.6 is 23.2 Å². The first kappa shape index (κ1) is 59.4. The van der Waals surface area contributed by atoms with E-state index in [-0.39, 0.29) is 60.6 Å². The van der Waals surface area contributed by atoms with Crippen molar-refractivity contribution >= 4 is 67.1 Å². The summed E-state index contributed by atoms with van der Waals surface area (Å²) in [5, 5.41) is 37.8. The lowest BCUT2D eigenvalue weighted by Crippen LogP contribution is -2.50. The second kappa shape index (κ2) is 27.6. The highest BCUT2D eigenvalue weighted by atomic mass is 35.5. The molecule has 4 atom stereocenters. The second-order valence-corrected chi connectivity index (χ2v) is 24.0. The molecule has 4 aromatic rings. The monoisotopic (exact) mass is 1170 g/mol. The number of nitrogens with zero attached hydrogens (tertiary/aromatic N) is 4. The number of fused-ring (bicyclic) bond motifs is 2. The Morgan fingerprint density at radius 1 is 0.550 bits per heavy atom. The van der Waals surface area contributed by atoms with E-state index in [0.29, 0.717) is 71.4 Å². The molecule has 0 bridgehead atoms. The van der Waals surface area contributed by atoms with Crippen LogP contribution < -0.4 is 50.8 Å². The Hall–Kier alpha value is -6.74. The lowest BCUT2D eigenvalue weighted by molar-refractivity contribution is -0.120. The van der Waals surface area contributed by atoms with Crippen LogP contribution in [0.5, 0.6) is 11.5 Å². The first-order chi connectivity index (χ1) is 38.5. The highest BCUT2D eigenvalue weighted by Gasteiger charge is 2.42. The molecule has 2 aliphatic heterocycles. The van der Waals surface area contributed by atoms with Crippen molar-refractivity contribution in [1.29, 1.82) is 10.5 Å². The Bertz CT molecular complexity index is 2990. The Balaban J connectivity index is 0.661. The number of sulfonamides is 2. The molecule has 22 nitrogen and oxygen atoms in total. The summed E-state index contributed by atoms with van der Waals surface area (Å²) in [5.74, 6) is -0.663. The number of piperazine rings is 2. The number of carbonyl (C=O) groups excluding carboxylic acids is 4. The van der Waals surface area contributed by atoms with Gasteiger partial charge in [0.1, 0.15) is 23.7 Å². The van der Waals surface area contributed by atoms with E-state index in [1.54, 1.807) is 12.1 Å². The maximum absolute atomic E-state index is 13.1. The number of amides is 6. The van der Waals surface area contributed by atoms with Gasteiger partial charge in [0.2, 0.25) is 11.8 Å². The zero-order chi connectivity index (χ0) is 56.8. The molecule has 4 aliphatic rings. The van der Waals surface area contributed by atoms with E-state index >= 15 is 0 Å². The molecule has 6 amide bonds. The van der Waals surface area contributed by atoms with Crippen LogP contribution in [-0.2, 0) is 42.5 Å². The molecule has 0 radical (unpaired) electrons. The number of carbonyl (C=O) groups is 4. The van der Waals surface area contributed by atoms with E-state index in [0.717, 1.165) is 74.6 Å². The van der Waals surface area contributed by atoms with Gasteiger partial charge in [-0.1, -0.05) is 23.2 Å². The van der Waals surface area contributed by atoms with E-state index in [9.17, 15) is 46.5 Å². The number of hydrogen-bond donors (Lipinski definition) is 8. The molecule has 8 N–H and O–H groups in total. The summed E-state index contributed by atoms with van der Waals surface area (Å²) in [6, 6.07) is 21.9. The smallest absolute Gasteiger partial charge is 0.314 e. The van der Waals surface area contributed by atoms with Gasteiger partial charge in [0.05, 0.1) is 45.1 Å². The van der Waals surface area contributed by atoms with E-state index in [2.05, 4.69) is 63.3 Å². The zero-order valence-electron chi connectivity index (χ0n) is 43.8. The zero-order valence-corrected chi connectivity index (χ0v) is 47.0. The average Bonchev–Trinajstić information content (AvgIpc) is 4.13. The maximum atomic E-state index is 13.1. The van der Waals surface area contributed by atoms with Crippen LogP contribution in [0.15, 0.2) is 82.6 Å². The fourth-order valence-electron chi connectivity index (χ4n) is 10.4. The number of hydrogen-bond acceptors (Lipinski definition) is 16. The average molecular weight is 1180 g/mol. The summed E-state index contributed by atoms with van der Waals surface area (Å²) in [4.78, 5) is 54.2. The van der Waals surface area contributed by atoms with Crippen molar-refractivity contribution in [3.63, 3.8) is 0 Å². The molecule has 0 unspecified atom stereocenters. The quantitative estimate of drug-likeness (QED) is 0.0489. The molecule has 8 rings (SSSR count). The number of ether oxygens (including phenoxy) is 2. The molecule has 2 aliphatic carbocycles. The van der Waals surface area contributed by atoms with Crippen molar-refractivity contribution in [1.82, 2.24) is 51.1 Å². The normalized spacial score (nSPS) is 19.1. The number of nitrogens with one attached hydrogen (secondary N) is 8. The van der Waals surface area contributed by atoms with Crippen molar-refractivity contribution in [2.75, 3.05) is 78.5 Å². The molecule has 2 fully saturated rings. The van der Waals surface area contributed by atoms with Crippen LogP contribution in [0.25, 0.3) is 0 Å². The fourth-order valence-corrected chi connectivity index (χ4v) is 12.8. The largest absolute Gasteiger partial charge is 0.484 e. The Kier molecular flexibility index (Phi) is 20.5. The molecule has 0 spiro atoms. The van der Waals surface area contributed by atoms with Gasteiger partial charge in [0, 0.05) is 101 Å². The first-order valence-corrected chi connectivity index (χ1v) is 30.3. The van der Waals surface area contributed by atoms with E-state index in [1.165, 1.54) is 48.5 Å². The topological polar surface area (TPSA) is 305 Å². The van der Waals surface area contributed by atoms with Gasteiger partial charge in [-0.15, -0.1) is 0 Å². The lowest BCUT2D eigenvalue weighted by Gasteiger charge is -2.36. The fraction of sp³-hybridized carbons (Fsp3) is 0.444. The lowest BCUT2D eigenvalue weighted by atomic mass is 10.0. The number of urea groups is 2. The molecule has 80 heavy (non-hydrogen) atoms. The number of unbranched alkanes of at least 4 members (excludes halogenated alkanes) is 1. The highest BCUT2D eigenvalue weighted by Crippen LogP contribution is 2.43. The van der Waals surface area contributed by atoms with Gasteiger partial charge in [-0.25, -0.2) is 35.9 Å². The Morgan fingerprint density at radius 3 is 1.25 bits per heavy atom. The summed E-state index contributed by atoms with van der Waals surface area (Å²) in [5.41, 5.74) is 4.42. The molecule has 0 saturated carbocycles. The van der Waals surface area contributed by atoms with Crippen LogP contribution in [0.4, 0.5) is 9.59 Å². The summed E-state index contributed by atoms with van der Waals surface area (Å²) < 4.78 is 69.4. The van der Waals surface area contributed by atoms with Gasteiger partial charge in [0.15, 0.2) is 0 Å². The minimum Gasteiger partial charge on any atom is -0.484 e. The Morgan fingerprint density at radius 2 is 0.900 bits per heavy atom. The second-order valence-electron chi connectivity index (χ2n) is 19.7. The Labute approximate surface area is 475 Å². The molecular formula is C54H64Cl2N12O10S2. The minimum atomic E-state index is -4.21. The summed E-state index contributed by atoms with van der Waals surface area (Å²) in [6.07, 6.45) is 1.38. The third-order valence-corrected chi connectivity index (χ3v) is 17.5. The summed E-state index contributed by atoms with van der Waals surface area (Å²) >= 11 is 12.8. The van der Waals surface area contributed by atoms with Crippen LogP contribution in [0.1, 0.15) is 84.1 Å². The summed E-state index contributed by atoms with van der Waals surface area (Å²) in [6.45, 7) is 7.28.